The Labute approximate surface area is 90.2 Å². The van der Waals surface area contributed by atoms with E-state index in [1.807, 2.05) is 0 Å². The first-order valence-corrected chi connectivity index (χ1v) is 5.27. The molecular weight excluding hydrogens is 193 g/mol. The SMILES string of the molecule is CCC(C)C(N)COc1cccc(F)c1. The molecule has 0 aliphatic carbocycles. The van der Waals surface area contributed by atoms with Crippen LogP contribution in [-0.2, 0) is 0 Å². The molecule has 3 heteroatoms. The fourth-order valence-electron chi connectivity index (χ4n) is 1.22. The van der Waals surface area contributed by atoms with Crippen molar-refractivity contribution in [2.24, 2.45) is 11.7 Å². The van der Waals surface area contributed by atoms with Gasteiger partial charge in [-0.05, 0) is 18.1 Å². The first-order valence-electron chi connectivity index (χ1n) is 5.27. The third kappa shape index (κ3) is 3.88. The Hall–Kier alpha value is -1.09. The summed E-state index contributed by atoms with van der Waals surface area (Å²) >= 11 is 0. The first-order chi connectivity index (χ1) is 7.13. The lowest BCUT2D eigenvalue weighted by atomic mass is 10.0. The number of ether oxygens (including phenoxy) is 1. The molecule has 0 radical (unpaired) electrons. The monoisotopic (exact) mass is 211 g/mol. The second-order valence-electron chi connectivity index (χ2n) is 3.82. The lowest BCUT2D eigenvalue weighted by Crippen LogP contribution is -2.34. The Morgan fingerprint density at radius 2 is 2.20 bits per heavy atom. The van der Waals surface area contributed by atoms with Gasteiger partial charge in [0.15, 0.2) is 0 Å². The standard InChI is InChI=1S/C12H18FNO/c1-3-9(2)12(14)8-15-11-6-4-5-10(13)7-11/h4-7,9,12H,3,8,14H2,1-2H3. The van der Waals surface area contributed by atoms with Crippen LogP contribution < -0.4 is 10.5 Å². The van der Waals surface area contributed by atoms with Gasteiger partial charge in [-0.3, -0.25) is 0 Å². The van der Waals surface area contributed by atoms with Crippen LogP contribution in [0.1, 0.15) is 20.3 Å². The Balaban J connectivity index is 2.43. The fraction of sp³-hybridized carbons (Fsp3) is 0.500. The third-order valence-electron chi connectivity index (χ3n) is 2.61. The second-order valence-corrected chi connectivity index (χ2v) is 3.82. The highest BCUT2D eigenvalue weighted by Gasteiger charge is 2.11. The van der Waals surface area contributed by atoms with Crippen molar-refractivity contribution in [1.82, 2.24) is 0 Å². The fourth-order valence-corrected chi connectivity index (χ4v) is 1.22. The lowest BCUT2D eigenvalue weighted by Gasteiger charge is -2.18. The molecule has 0 fully saturated rings. The third-order valence-corrected chi connectivity index (χ3v) is 2.61. The van der Waals surface area contributed by atoms with Crippen molar-refractivity contribution in [2.75, 3.05) is 6.61 Å². The number of hydrogen-bond acceptors (Lipinski definition) is 2. The van der Waals surface area contributed by atoms with Gasteiger partial charge in [0.1, 0.15) is 18.2 Å². The summed E-state index contributed by atoms with van der Waals surface area (Å²) in [6.45, 7) is 4.60. The Morgan fingerprint density at radius 1 is 1.47 bits per heavy atom. The summed E-state index contributed by atoms with van der Waals surface area (Å²) in [7, 11) is 0. The van der Waals surface area contributed by atoms with Crippen molar-refractivity contribution < 1.29 is 9.13 Å². The Morgan fingerprint density at radius 3 is 2.80 bits per heavy atom. The minimum absolute atomic E-state index is 0.00160. The largest absolute Gasteiger partial charge is 0.492 e. The summed E-state index contributed by atoms with van der Waals surface area (Å²) in [6.07, 6.45) is 1.02. The van der Waals surface area contributed by atoms with Crippen LogP contribution in [0, 0.1) is 11.7 Å². The van der Waals surface area contributed by atoms with E-state index in [4.69, 9.17) is 10.5 Å². The molecule has 0 aliphatic rings. The van der Waals surface area contributed by atoms with Crippen molar-refractivity contribution in [1.29, 1.82) is 0 Å². The summed E-state index contributed by atoms with van der Waals surface area (Å²) in [5.41, 5.74) is 5.89. The Bertz CT molecular complexity index is 303. The zero-order chi connectivity index (χ0) is 11.3. The van der Waals surface area contributed by atoms with E-state index >= 15 is 0 Å². The molecule has 0 spiro atoms. The van der Waals surface area contributed by atoms with Gasteiger partial charge < -0.3 is 10.5 Å². The van der Waals surface area contributed by atoms with Crippen molar-refractivity contribution in [3.63, 3.8) is 0 Å². The maximum atomic E-state index is 12.8. The van der Waals surface area contributed by atoms with E-state index in [-0.39, 0.29) is 11.9 Å². The highest BCUT2D eigenvalue weighted by atomic mass is 19.1. The van der Waals surface area contributed by atoms with Gasteiger partial charge in [0.05, 0.1) is 0 Å². The number of hydrogen-bond donors (Lipinski definition) is 1. The van der Waals surface area contributed by atoms with E-state index in [2.05, 4.69) is 13.8 Å². The van der Waals surface area contributed by atoms with Gasteiger partial charge >= 0.3 is 0 Å². The van der Waals surface area contributed by atoms with Crippen LogP contribution in [-0.4, -0.2) is 12.6 Å². The molecule has 0 aromatic heterocycles. The minimum Gasteiger partial charge on any atom is -0.492 e. The number of halogens is 1. The lowest BCUT2D eigenvalue weighted by molar-refractivity contribution is 0.249. The zero-order valence-electron chi connectivity index (χ0n) is 9.24. The molecule has 0 saturated heterocycles. The number of rotatable bonds is 5. The smallest absolute Gasteiger partial charge is 0.126 e. The summed E-state index contributed by atoms with van der Waals surface area (Å²) in [4.78, 5) is 0. The molecule has 84 valence electrons. The quantitative estimate of drug-likeness (QED) is 0.812. The average Bonchev–Trinajstić information content (AvgIpc) is 2.25. The molecule has 1 rings (SSSR count). The minimum atomic E-state index is -0.287. The molecule has 15 heavy (non-hydrogen) atoms. The highest BCUT2D eigenvalue weighted by Crippen LogP contribution is 2.13. The summed E-state index contributed by atoms with van der Waals surface area (Å²) in [5, 5.41) is 0. The van der Waals surface area contributed by atoms with E-state index < -0.39 is 0 Å². The molecule has 0 aliphatic heterocycles. The summed E-state index contributed by atoms with van der Waals surface area (Å²) < 4.78 is 18.2. The van der Waals surface area contributed by atoms with Gasteiger partial charge in [0, 0.05) is 12.1 Å². The summed E-state index contributed by atoms with van der Waals surface area (Å²) in [5.74, 6) is 0.664. The van der Waals surface area contributed by atoms with Crippen LogP contribution >= 0.6 is 0 Å². The predicted octanol–water partition coefficient (Wildman–Crippen LogP) is 2.58. The van der Waals surface area contributed by atoms with E-state index in [0.717, 1.165) is 6.42 Å². The molecule has 2 N–H and O–H groups in total. The van der Waals surface area contributed by atoms with Gasteiger partial charge in [-0.15, -0.1) is 0 Å². The van der Waals surface area contributed by atoms with Crippen LogP contribution in [0.15, 0.2) is 24.3 Å². The van der Waals surface area contributed by atoms with Crippen LogP contribution in [0.3, 0.4) is 0 Å². The zero-order valence-corrected chi connectivity index (χ0v) is 9.24. The van der Waals surface area contributed by atoms with Gasteiger partial charge in [0.25, 0.3) is 0 Å². The molecule has 2 nitrogen and oxygen atoms in total. The Kier molecular flexibility index (Phi) is 4.56. The molecule has 2 unspecified atom stereocenters. The molecule has 2 atom stereocenters. The molecule has 0 amide bonds. The average molecular weight is 211 g/mol. The van der Waals surface area contributed by atoms with Crippen LogP contribution in [0.5, 0.6) is 5.75 Å². The molecule has 1 aromatic rings. The number of nitrogens with two attached hydrogens (primary N) is 1. The van der Waals surface area contributed by atoms with Crippen molar-refractivity contribution in [3.8, 4) is 5.75 Å². The van der Waals surface area contributed by atoms with E-state index in [9.17, 15) is 4.39 Å². The molecular formula is C12H18FNO. The van der Waals surface area contributed by atoms with E-state index in [1.54, 1.807) is 12.1 Å². The topological polar surface area (TPSA) is 35.2 Å². The second kappa shape index (κ2) is 5.71. The summed E-state index contributed by atoms with van der Waals surface area (Å²) in [6, 6.07) is 6.11. The van der Waals surface area contributed by atoms with Gasteiger partial charge in [0.2, 0.25) is 0 Å². The molecule has 0 saturated carbocycles. The van der Waals surface area contributed by atoms with Gasteiger partial charge in [-0.1, -0.05) is 26.3 Å². The maximum Gasteiger partial charge on any atom is 0.126 e. The van der Waals surface area contributed by atoms with Crippen molar-refractivity contribution >= 4 is 0 Å². The van der Waals surface area contributed by atoms with Crippen LogP contribution in [0.2, 0.25) is 0 Å². The van der Waals surface area contributed by atoms with Crippen molar-refractivity contribution in [2.45, 2.75) is 26.3 Å². The van der Waals surface area contributed by atoms with Crippen LogP contribution in [0.25, 0.3) is 0 Å². The van der Waals surface area contributed by atoms with E-state index in [0.29, 0.717) is 18.3 Å². The van der Waals surface area contributed by atoms with Crippen molar-refractivity contribution in [3.05, 3.63) is 30.1 Å². The molecule has 0 bridgehead atoms. The number of benzene rings is 1. The maximum absolute atomic E-state index is 12.8. The first kappa shape index (κ1) is 12.0. The van der Waals surface area contributed by atoms with Gasteiger partial charge in [-0.25, -0.2) is 4.39 Å². The van der Waals surface area contributed by atoms with E-state index in [1.165, 1.54) is 12.1 Å². The molecule has 0 heterocycles. The predicted molar refractivity (Wildman–Crippen MR) is 59.3 cm³/mol. The molecule has 1 aromatic carbocycles. The van der Waals surface area contributed by atoms with Crippen LogP contribution in [0.4, 0.5) is 4.39 Å². The highest BCUT2D eigenvalue weighted by molar-refractivity contribution is 5.22. The normalized spacial score (nSPS) is 14.7. The van der Waals surface area contributed by atoms with Gasteiger partial charge in [-0.2, -0.15) is 0 Å².